The van der Waals surface area contributed by atoms with Crippen molar-refractivity contribution in [3.63, 3.8) is 0 Å². The van der Waals surface area contributed by atoms with Crippen molar-refractivity contribution in [2.45, 2.75) is 0 Å². The van der Waals surface area contributed by atoms with Crippen LogP contribution >= 0.6 is 0 Å². The van der Waals surface area contributed by atoms with Gasteiger partial charge in [-0.3, -0.25) is 0 Å². The monoisotopic (exact) mass is 302 g/mol. The number of benzene rings is 2. The van der Waals surface area contributed by atoms with Gasteiger partial charge in [0.1, 0.15) is 0 Å². The van der Waals surface area contributed by atoms with Crippen molar-refractivity contribution in [3.8, 4) is 39.9 Å². The molecule has 112 valence electrons. The van der Waals surface area contributed by atoms with E-state index in [2.05, 4.69) is 0 Å². The van der Waals surface area contributed by atoms with E-state index in [-0.39, 0.29) is 22.1 Å². The molecule has 0 spiro atoms. The van der Waals surface area contributed by atoms with Gasteiger partial charge in [0.25, 0.3) is 0 Å². The van der Waals surface area contributed by atoms with E-state index < -0.39 is 34.4 Å². The lowest BCUT2D eigenvalue weighted by Crippen LogP contribution is -1.98. The van der Waals surface area contributed by atoms with Crippen molar-refractivity contribution >= 4 is 11.0 Å². The Kier molecular flexibility index (Phi) is 2.84. The van der Waals surface area contributed by atoms with E-state index in [4.69, 9.17) is 4.42 Å². The Morgan fingerprint density at radius 3 is 2.05 bits per heavy atom. The zero-order valence-electron chi connectivity index (χ0n) is 10.9. The largest absolute Gasteiger partial charge is 0.504 e. The summed E-state index contributed by atoms with van der Waals surface area (Å²) < 4.78 is 4.88. The quantitative estimate of drug-likeness (QED) is 0.343. The number of fused-ring (bicyclic) bond motifs is 1. The summed E-state index contributed by atoms with van der Waals surface area (Å²) in [5.74, 6) is -2.87. The molecule has 7 nitrogen and oxygen atoms in total. The molecule has 3 rings (SSSR count). The van der Waals surface area contributed by atoms with Crippen LogP contribution in [0.5, 0.6) is 28.7 Å². The molecule has 0 saturated heterocycles. The van der Waals surface area contributed by atoms with Crippen molar-refractivity contribution in [2.24, 2.45) is 0 Å². The number of aromatic hydroxyl groups is 5. The Balaban J connectivity index is 2.41. The minimum Gasteiger partial charge on any atom is -0.504 e. The lowest BCUT2D eigenvalue weighted by molar-refractivity contribution is 0.368. The minimum atomic E-state index is -0.796. The summed E-state index contributed by atoms with van der Waals surface area (Å²) in [6.07, 6.45) is 0. The molecule has 7 heteroatoms. The van der Waals surface area contributed by atoms with Crippen LogP contribution in [0, 0.1) is 0 Å². The number of rotatable bonds is 1. The third kappa shape index (κ3) is 1.96. The first kappa shape index (κ1) is 13.6. The Morgan fingerprint density at radius 2 is 1.41 bits per heavy atom. The van der Waals surface area contributed by atoms with Gasteiger partial charge < -0.3 is 29.9 Å². The number of phenolic OH excluding ortho intramolecular Hbond substituents is 5. The van der Waals surface area contributed by atoms with Crippen LogP contribution in [0.25, 0.3) is 22.1 Å². The fourth-order valence-corrected chi connectivity index (χ4v) is 2.20. The van der Waals surface area contributed by atoms with Crippen molar-refractivity contribution in [1.82, 2.24) is 0 Å². The summed E-state index contributed by atoms with van der Waals surface area (Å²) in [6, 6.07) is 6.01. The third-order valence-electron chi connectivity index (χ3n) is 3.25. The van der Waals surface area contributed by atoms with Crippen molar-refractivity contribution in [3.05, 3.63) is 40.8 Å². The SMILES string of the molecule is O=c1cc(-c2cc(O)c(O)c(O)c2)c2ccc(O)c(O)c2o1. The minimum absolute atomic E-state index is 0.218. The Hall–Kier alpha value is -3.35. The predicted molar refractivity (Wildman–Crippen MR) is 76.2 cm³/mol. The summed E-state index contributed by atoms with van der Waals surface area (Å²) >= 11 is 0. The molecule has 0 aliphatic rings. The zero-order chi connectivity index (χ0) is 16.0. The molecular weight excluding hydrogens is 292 g/mol. The molecule has 0 saturated carbocycles. The second-order valence-corrected chi connectivity index (χ2v) is 4.65. The molecule has 5 N–H and O–H groups in total. The van der Waals surface area contributed by atoms with Gasteiger partial charge in [0.05, 0.1) is 0 Å². The molecule has 0 aliphatic carbocycles. The van der Waals surface area contributed by atoms with Crippen LogP contribution in [-0.4, -0.2) is 25.5 Å². The average molecular weight is 302 g/mol. The van der Waals surface area contributed by atoms with Crippen molar-refractivity contribution in [2.75, 3.05) is 0 Å². The Bertz CT molecular complexity index is 933. The molecular formula is C15H10O7. The number of hydrogen-bond donors (Lipinski definition) is 5. The molecule has 0 amide bonds. The van der Waals surface area contributed by atoms with Gasteiger partial charge in [-0.1, -0.05) is 0 Å². The van der Waals surface area contributed by atoms with Crippen LogP contribution in [-0.2, 0) is 0 Å². The molecule has 0 unspecified atom stereocenters. The van der Waals surface area contributed by atoms with Crippen LogP contribution in [0.3, 0.4) is 0 Å². The lowest BCUT2D eigenvalue weighted by Gasteiger charge is -2.09. The highest BCUT2D eigenvalue weighted by Crippen LogP contribution is 2.42. The smallest absolute Gasteiger partial charge is 0.336 e. The molecule has 0 aliphatic heterocycles. The molecule has 3 aromatic rings. The normalized spacial score (nSPS) is 10.9. The molecule has 2 aromatic carbocycles. The second-order valence-electron chi connectivity index (χ2n) is 4.65. The highest BCUT2D eigenvalue weighted by molar-refractivity contribution is 5.97. The van der Waals surface area contributed by atoms with Crippen LogP contribution in [0.15, 0.2) is 39.5 Å². The Labute approximate surface area is 122 Å². The van der Waals surface area contributed by atoms with Crippen molar-refractivity contribution in [1.29, 1.82) is 0 Å². The van der Waals surface area contributed by atoms with E-state index in [0.717, 1.165) is 18.2 Å². The van der Waals surface area contributed by atoms with E-state index in [1.54, 1.807) is 0 Å². The summed E-state index contributed by atoms with van der Waals surface area (Å²) in [5, 5.41) is 48.1. The molecule has 0 radical (unpaired) electrons. The van der Waals surface area contributed by atoms with E-state index in [9.17, 15) is 30.3 Å². The standard InChI is InChI=1S/C15H10O7/c16-9-2-1-7-8(5-12(19)22-15(7)14(9)21)6-3-10(17)13(20)11(18)4-6/h1-5,16-18,20-21H. The van der Waals surface area contributed by atoms with Gasteiger partial charge in [0.15, 0.2) is 28.6 Å². The van der Waals surface area contributed by atoms with Crippen LogP contribution in [0.2, 0.25) is 0 Å². The zero-order valence-corrected chi connectivity index (χ0v) is 10.9. The molecule has 0 atom stereocenters. The molecule has 0 bridgehead atoms. The first-order valence-electron chi connectivity index (χ1n) is 6.12. The van der Waals surface area contributed by atoms with E-state index in [1.165, 1.54) is 12.1 Å². The molecule has 0 fully saturated rings. The molecule has 1 aromatic heterocycles. The Morgan fingerprint density at radius 1 is 0.773 bits per heavy atom. The summed E-state index contributed by atoms with van der Waals surface area (Å²) in [5.41, 5.74) is -0.562. The third-order valence-corrected chi connectivity index (χ3v) is 3.25. The van der Waals surface area contributed by atoms with Gasteiger partial charge >= 0.3 is 5.63 Å². The van der Waals surface area contributed by atoms with Crippen LogP contribution in [0.4, 0.5) is 0 Å². The second kappa shape index (κ2) is 4.59. The van der Waals surface area contributed by atoms with E-state index in [1.807, 2.05) is 0 Å². The highest BCUT2D eigenvalue weighted by Gasteiger charge is 2.16. The predicted octanol–water partition coefficient (Wildman–Crippen LogP) is 1.99. The first-order valence-corrected chi connectivity index (χ1v) is 6.12. The lowest BCUT2D eigenvalue weighted by atomic mass is 10.0. The fraction of sp³-hybridized carbons (Fsp3) is 0. The number of hydrogen-bond acceptors (Lipinski definition) is 7. The van der Waals surface area contributed by atoms with Gasteiger partial charge in [0.2, 0.25) is 5.75 Å². The van der Waals surface area contributed by atoms with Crippen LogP contribution in [0.1, 0.15) is 0 Å². The number of phenols is 5. The first-order chi connectivity index (χ1) is 10.4. The van der Waals surface area contributed by atoms with Gasteiger partial charge in [-0.05, 0) is 29.8 Å². The topological polar surface area (TPSA) is 131 Å². The fourth-order valence-electron chi connectivity index (χ4n) is 2.20. The summed E-state index contributed by atoms with van der Waals surface area (Å²) in [6.45, 7) is 0. The molecule has 1 heterocycles. The molecule has 22 heavy (non-hydrogen) atoms. The maximum absolute atomic E-state index is 11.6. The average Bonchev–Trinajstić information content (AvgIpc) is 2.48. The van der Waals surface area contributed by atoms with Gasteiger partial charge in [0, 0.05) is 17.0 Å². The maximum Gasteiger partial charge on any atom is 0.336 e. The maximum atomic E-state index is 11.6. The van der Waals surface area contributed by atoms with Crippen LogP contribution < -0.4 is 5.63 Å². The van der Waals surface area contributed by atoms with E-state index >= 15 is 0 Å². The van der Waals surface area contributed by atoms with Gasteiger partial charge in [-0.25, -0.2) is 4.79 Å². The van der Waals surface area contributed by atoms with Gasteiger partial charge in [-0.15, -0.1) is 0 Å². The van der Waals surface area contributed by atoms with Gasteiger partial charge in [-0.2, -0.15) is 0 Å². The summed E-state index contributed by atoms with van der Waals surface area (Å²) in [4.78, 5) is 11.6. The van der Waals surface area contributed by atoms with Crippen molar-refractivity contribution < 1.29 is 29.9 Å². The summed E-state index contributed by atoms with van der Waals surface area (Å²) in [7, 11) is 0. The highest BCUT2D eigenvalue weighted by atomic mass is 16.4. The van der Waals surface area contributed by atoms with E-state index in [0.29, 0.717) is 0 Å².